The van der Waals surface area contributed by atoms with Crippen molar-refractivity contribution in [2.45, 2.75) is 32.2 Å². The van der Waals surface area contributed by atoms with Crippen molar-refractivity contribution in [3.8, 4) is 0 Å². The molecule has 0 bridgehead atoms. The summed E-state index contributed by atoms with van der Waals surface area (Å²) < 4.78 is 26.7. The van der Waals surface area contributed by atoms with Crippen molar-refractivity contribution in [2.24, 2.45) is 5.92 Å². The number of urea groups is 1. The van der Waals surface area contributed by atoms with E-state index >= 15 is 0 Å². The second-order valence-corrected chi connectivity index (χ2v) is 7.14. The average molecular weight is 365 g/mol. The van der Waals surface area contributed by atoms with Crippen molar-refractivity contribution >= 4 is 17.8 Å². The number of piperidine rings is 1. The first-order valence-electron chi connectivity index (χ1n) is 8.60. The number of rotatable bonds is 3. The molecule has 2 aliphatic rings. The van der Waals surface area contributed by atoms with Crippen LogP contribution in [-0.4, -0.2) is 47.3 Å². The molecule has 2 aliphatic heterocycles. The number of carbonyl (C=O) groups excluding carboxylic acids is 3. The van der Waals surface area contributed by atoms with Crippen LogP contribution >= 0.6 is 0 Å². The lowest BCUT2D eigenvalue weighted by atomic mass is 9.92. The summed E-state index contributed by atoms with van der Waals surface area (Å²) in [5, 5.41) is 2.49. The monoisotopic (exact) mass is 365 g/mol. The maximum atomic E-state index is 13.5. The molecule has 2 heterocycles. The molecule has 0 spiro atoms. The van der Waals surface area contributed by atoms with Crippen molar-refractivity contribution in [1.29, 1.82) is 0 Å². The Balaban J connectivity index is 1.76. The summed E-state index contributed by atoms with van der Waals surface area (Å²) in [6, 6.07) is 2.30. The highest BCUT2D eigenvalue weighted by Crippen LogP contribution is 2.30. The lowest BCUT2D eigenvalue weighted by molar-refractivity contribution is -0.139. The van der Waals surface area contributed by atoms with E-state index in [1.807, 2.05) is 0 Å². The summed E-state index contributed by atoms with van der Waals surface area (Å²) in [4.78, 5) is 39.9. The Labute approximate surface area is 150 Å². The number of imide groups is 1. The van der Waals surface area contributed by atoms with Gasteiger partial charge in [0.15, 0.2) is 11.6 Å². The van der Waals surface area contributed by atoms with Gasteiger partial charge in [0.2, 0.25) is 5.91 Å². The molecule has 26 heavy (non-hydrogen) atoms. The van der Waals surface area contributed by atoms with Crippen molar-refractivity contribution in [1.82, 2.24) is 15.1 Å². The first-order valence-corrected chi connectivity index (χ1v) is 8.60. The summed E-state index contributed by atoms with van der Waals surface area (Å²) in [6.45, 7) is 4.37. The third kappa shape index (κ3) is 3.15. The minimum absolute atomic E-state index is 0.122. The minimum Gasteiger partial charge on any atom is -0.341 e. The number of halogens is 2. The van der Waals surface area contributed by atoms with E-state index in [0.29, 0.717) is 19.0 Å². The van der Waals surface area contributed by atoms with E-state index in [4.69, 9.17) is 0 Å². The fraction of sp³-hybridized carbons (Fsp3) is 0.500. The minimum atomic E-state index is -1.54. The van der Waals surface area contributed by atoms with Gasteiger partial charge in [-0.25, -0.2) is 13.6 Å². The average Bonchev–Trinajstić information content (AvgIpc) is 2.82. The van der Waals surface area contributed by atoms with Gasteiger partial charge in [0.1, 0.15) is 12.1 Å². The second-order valence-electron chi connectivity index (χ2n) is 7.14. The van der Waals surface area contributed by atoms with Crippen LogP contribution in [0.1, 0.15) is 32.3 Å². The quantitative estimate of drug-likeness (QED) is 0.833. The van der Waals surface area contributed by atoms with E-state index in [1.54, 1.807) is 4.90 Å². The van der Waals surface area contributed by atoms with Gasteiger partial charge < -0.3 is 10.2 Å². The first-order chi connectivity index (χ1) is 12.2. The van der Waals surface area contributed by atoms with Crippen LogP contribution in [0.2, 0.25) is 0 Å². The van der Waals surface area contributed by atoms with Crippen LogP contribution in [0.15, 0.2) is 18.2 Å². The molecule has 8 heteroatoms. The van der Waals surface area contributed by atoms with Gasteiger partial charge in [0.05, 0.1) is 0 Å². The Morgan fingerprint density at radius 2 is 1.88 bits per heavy atom. The van der Waals surface area contributed by atoms with Crippen LogP contribution in [-0.2, 0) is 15.1 Å². The van der Waals surface area contributed by atoms with Gasteiger partial charge >= 0.3 is 6.03 Å². The van der Waals surface area contributed by atoms with Gasteiger partial charge in [-0.15, -0.1) is 0 Å². The molecular formula is C18H21F2N3O3. The van der Waals surface area contributed by atoms with Gasteiger partial charge in [0, 0.05) is 13.1 Å². The molecule has 4 amide bonds. The van der Waals surface area contributed by atoms with Crippen LogP contribution < -0.4 is 5.32 Å². The van der Waals surface area contributed by atoms with Gasteiger partial charge in [-0.2, -0.15) is 0 Å². The third-order valence-corrected chi connectivity index (χ3v) is 5.20. The highest BCUT2D eigenvalue weighted by molar-refractivity contribution is 6.09. The smallest absolute Gasteiger partial charge is 0.325 e. The number of likely N-dealkylation sites (tertiary alicyclic amines) is 1. The number of benzene rings is 1. The molecule has 3 rings (SSSR count). The second kappa shape index (κ2) is 6.66. The molecule has 1 atom stereocenters. The highest BCUT2D eigenvalue weighted by Gasteiger charge is 2.50. The van der Waals surface area contributed by atoms with Gasteiger partial charge in [-0.05, 0) is 43.4 Å². The number of nitrogens with one attached hydrogen (secondary N) is 1. The zero-order chi connectivity index (χ0) is 19.1. The van der Waals surface area contributed by atoms with Crippen molar-refractivity contribution in [3.05, 3.63) is 35.4 Å². The van der Waals surface area contributed by atoms with E-state index in [2.05, 4.69) is 12.2 Å². The van der Waals surface area contributed by atoms with Crippen LogP contribution in [0.4, 0.5) is 13.6 Å². The molecule has 2 fully saturated rings. The molecule has 2 saturated heterocycles. The molecule has 0 radical (unpaired) electrons. The van der Waals surface area contributed by atoms with Crippen LogP contribution in [0.5, 0.6) is 0 Å². The third-order valence-electron chi connectivity index (χ3n) is 5.20. The Morgan fingerprint density at radius 3 is 2.50 bits per heavy atom. The summed E-state index contributed by atoms with van der Waals surface area (Å²) in [5.41, 5.74) is -1.42. The Hall–Kier alpha value is -2.51. The summed E-state index contributed by atoms with van der Waals surface area (Å²) in [6.07, 6.45) is 1.77. The Morgan fingerprint density at radius 1 is 1.23 bits per heavy atom. The molecule has 0 aromatic heterocycles. The number of amides is 4. The predicted molar refractivity (Wildman–Crippen MR) is 88.9 cm³/mol. The normalized spacial score (nSPS) is 24.2. The Bertz CT molecular complexity index is 762. The lowest BCUT2D eigenvalue weighted by Gasteiger charge is -2.31. The molecule has 0 unspecified atom stereocenters. The molecular weight excluding hydrogens is 344 g/mol. The maximum Gasteiger partial charge on any atom is 0.325 e. The van der Waals surface area contributed by atoms with Gasteiger partial charge in [0.25, 0.3) is 5.91 Å². The molecule has 0 saturated carbocycles. The summed E-state index contributed by atoms with van der Waals surface area (Å²) in [7, 11) is 0. The van der Waals surface area contributed by atoms with E-state index in [-0.39, 0.29) is 18.0 Å². The summed E-state index contributed by atoms with van der Waals surface area (Å²) in [5.74, 6) is -2.56. The highest BCUT2D eigenvalue weighted by atomic mass is 19.2. The fourth-order valence-corrected chi connectivity index (χ4v) is 3.34. The number of nitrogens with zero attached hydrogens (tertiary/aromatic N) is 2. The molecule has 6 nitrogen and oxygen atoms in total. The van der Waals surface area contributed by atoms with Crippen molar-refractivity contribution < 1.29 is 23.2 Å². The molecule has 1 N–H and O–H groups in total. The molecule has 140 valence electrons. The van der Waals surface area contributed by atoms with E-state index in [9.17, 15) is 23.2 Å². The maximum absolute atomic E-state index is 13.5. The number of hydrogen-bond acceptors (Lipinski definition) is 3. The van der Waals surface area contributed by atoms with E-state index in [0.717, 1.165) is 29.9 Å². The standard InChI is InChI=1S/C18H21F2N3O3/c1-11-5-7-22(8-6-11)15(24)10-23-16(25)18(2,21-17(23)26)12-3-4-13(19)14(20)9-12/h3-4,9,11H,5-8,10H2,1-2H3,(H,21,26)/t18-/m0/s1. The topological polar surface area (TPSA) is 69.7 Å². The zero-order valence-electron chi connectivity index (χ0n) is 14.7. The van der Waals surface area contributed by atoms with Crippen LogP contribution in [0.25, 0.3) is 0 Å². The largest absolute Gasteiger partial charge is 0.341 e. The summed E-state index contributed by atoms with van der Waals surface area (Å²) >= 11 is 0. The predicted octanol–water partition coefficient (Wildman–Crippen LogP) is 1.99. The first kappa shape index (κ1) is 18.3. The van der Waals surface area contributed by atoms with E-state index < -0.39 is 29.1 Å². The van der Waals surface area contributed by atoms with E-state index in [1.165, 1.54) is 13.0 Å². The fourth-order valence-electron chi connectivity index (χ4n) is 3.34. The van der Waals surface area contributed by atoms with Crippen LogP contribution in [0, 0.1) is 17.6 Å². The lowest BCUT2D eigenvalue weighted by Crippen LogP contribution is -2.46. The van der Waals surface area contributed by atoms with Gasteiger partial charge in [-0.1, -0.05) is 13.0 Å². The van der Waals surface area contributed by atoms with Crippen LogP contribution in [0.3, 0.4) is 0 Å². The van der Waals surface area contributed by atoms with Crippen molar-refractivity contribution in [2.75, 3.05) is 19.6 Å². The number of carbonyl (C=O) groups is 3. The van der Waals surface area contributed by atoms with Gasteiger partial charge in [-0.3, -0.25) is 14.5 Å². The molecule has 0 aliphatic carbocycles. The Kier molecular flexibility index (Phi) is 4.68. The SMILES string of the molecule is CC1CCN(C(=O)CN2C(=O)N[C@@](C)(c3ccc(F)c(F)c3)C2=O)CC1. The molecule has 1 aromatic rings. The number of hydrogen-bond donors (Lipinski definition) is 1. The van der Waals surface area contributed by atoms with Crippen molar-refractivity contribution in [3.63, 3.8) is 0 Å². The zero-order valence-corrected chi connectivity index (χ0v) is 14.7. The molecule has 1 aromatic carbocycles.